The third kappa shape index (κ3) is 7.65. The number of halogens is 3. The molecule has 0 aliphatic rings. The summed E-state index contributed by atoms with van der Waals surface area (Å²) in [6.07, 6.45) is -4.69. The minimum Gasteiger partial charge on any atom is -0.309 e. The number of aromatic nitrogens is 5. The number of para-hydroxylation sites is 2. The van der Waals surface area contributed by atoms with Crippen LogP contribution in [0.25, 0.3) is 123 Å². The summed E-state index contributed by atoms with van der Waals surface area (Å²) in [5, 5.41) is 13.9. The van der Waals surface area contributed by atoms with Gasteiger partial charge in [-0.1, -0.05) is 158 Å². The molecule has 3 aromatic heterocycles. The number of nitriles is 1. The monoisotopic (exact) mass is 960 g/mol. The second-order valence-electron chi connectivity index (χ2n) is 18.2. The summed E-state index contributed by atoms with van der Waals surface area (Å²) < 4.78 is 49.6. The fourth-order valence-corrected chi connectivity index (χ4v) is 10.4. The number of benzene rings is 10. The summed E-state index contributed by atoms with van der Waals surface area (Å²) in [5.74, 6) is 0.577. The molecule has 0 aliphatic carbocycles. The molecule has 350 valence electrons. The summed E-state index contributed by atoms with van der Waals surface area (Å²) in [5.41, 5.74) is 11.6. The Morgan fingerprint density at radius 3 is 1.30 bits per heavy atom. The Bertz CT molecular complexity index is 4360. The predicted octanol–water partition coefficient (Wildman–Crippen LogP) is 17.0. The predicted molar refractivity (Wildman–Crippen MR) is 291 cm³/mol. The van der Waals surface area contributed by atoms with Gasteiger partial charge in [-0.2, -0.15) is 18.4 Å². The third-order valence-corrected chi connectivity index (χ3v) is 13.8. The topological polar surface area (TPSA) is 72.3 Å². The van der Waals surface area contributed by atoms with E-state index in [2.05, 4.69) is 71.3 Å². The van der Waals surface area contributed by atoms with E-state index in [9.17, 15) is 5.26 Å². The maximum atomic E-state index is 15.1. The molecule has 13 aromatic rings. The lowest BCUT2D eigenvalue weighted by Gasteiger charge is -2.18. The number of hydrogen-bond donors (Lipinski definition) is 0. The van der Waals surface area contributed by atoms with E-state index in [0.717, 1.165) is 94.8 Å². The highest BCUT2D eigenvalue weighted by molar-refractivity contribution is 6.12. The summed E-state index contributed by atoms with van der Waals surface area (Å²) in [6, 6.07) is 78.2. The summed E-state index contributed by atoms with van der Waals surface area (Å²) >= 11 is 0. The molecule has 0 bridgehead atoms. The Kier molecular flexibility index (Phi) is 10.6. The number of rotatable bonds is 8. The highest BCUT2D eigenvalue weighted by Crippen LogP contribution is 2.43. The van der Waals surface area contributed by atoms with Gasteiger partial charge in [0, 0.05) is 38.2 Å². The maximum Gasteiger partial charge on any atom is 0.416 e. The highest BCUT2D eigenvalue weighted by Gasteiger charge is 2.33. The van der Waals surface area contributed by atoms with E-state index < -0.39 is 11.7 Å². The summed E-state index contributed by atoms with van der Waals surface area (Å²) in [6.45, 7) is 0. The molecule has 10 aromatic carbocycles. The SMILES string of the molecule is N#Cc1cccc(-c2ccc(-n3c4ccccc4c4cc(-c5ccccc5)ccc43)c(-c3nc(-c4ccccc4)nc(-c4cc(C(F)(F)F)ccc4-n4c5ccccc5c5cc(-c6ccccc6)ccc54)n3)c2)c1. The van der Waals surface area contributed by atoms with Crippen molar-refractivity contribution in [2.75, 3.05) is 0 Å². The molecule has 0 saturated heterocycles. The first-order chi connectivity index (χ1) is 36.3. The number of alkyl halides is 3. The van der Waals surface area contributed by atoms with Crippen LogP contribution in [-0.4, -0.2) is 24.1 Å². The lowest BCUT2D eigenvalue weighted by Crippen LogP contribution is -2.09. The molecule has 0 saturated carbocycles. The van der Waals surface area contributed by atoms with Gasteiger partial charge >= 0.3 is 6.18 Å². The van der Waals surface area contributed by atoms with Crippen molar-refractivity contribution in [3.05, 3.63) is 248 Å². The van der Waals surface area contributed by atoms with E-state index >= 15 is 13.2 Å². The zero-order valence-electron chi connectivity index (χ0n) is 39.3. The van der Waals surface area contributed by atoms with E-state index in [-0.39, 0.29) is 23.0 Å². The van der Waals surface area contributed by atoms with Crippen LogP contribution < -0.4 is 0 Å². The van der Waals surface area contributed by atoms with Gasteiger partial charge in [0.15, 0.2) is 17.5 Å². The van der Waals surface area contributed by atoms with Crippen LogP contribution in [0, 0.1) is 11.3 Å². The van der Waals surface area contributed by atoms with E-state index in [1.54, 1.807) is 6.07 Å². The van der Waals surface area contributed by atoms with Crippen molar-refractivity contribution < 1.29 is 13.2 Å². The molecule has 9 heteroatoms. The van der Waals surface area contributed by atoms with Crippen molar-refractivity contribution >= 4 is 43.6 Å². The average Bonchev–Trinajstić information content (AvgIpc) is 3.97. The maximum absolute atomic E-state index is 15.1. The van der Waals surface area contributed by atoms with Crippen LogP contribution in [0.4, 0.5) is 13.2 Å². The van der Waals surface area contributed by atoms with Crippen LogP contribution in [0.1, 0.15) is 11.1 Å². The molecule has 74 heavy (non-hydrogen) atoms. The minimum absolute atomic E-state index is 0.0549. The zero-order chi connectivity index (χ0) is 49.9. The Labute approximate surface area is 423 Å². The average molecular weight is 961 g/mol. The molecule has 3 heterocycles. The fourth-order valence-electron chi connectivity index (χ4n) is 10.4. The molecule has 0 aliphatic heterocycles. The van der Waals surface area contributed by atoms with Crippen molar-refractivity contribution in [3.63, 3.8) is 0 Å². The first-order valence-corrected chi connectivity index (χ1v) is 24.1. The molecular formula is C65H39F3N6. The molecule has 0 unspecified atom stereocenters. The van der Waals surface area contributed by atoms with E-state index in [4.69, 9.17) is 15.0 Å². The molecule has 0 amide bonds. The number of nitrogens with zero attached hydrogens (tertiary/aromatic N) is 6. The lowest BCUT2D eigenvalue weighted by atomic mass is 9.99. The first-order valence-electron chi connectivity index (χ1n) is 24.1. The minimum atomic E-state index is -4.69. The van der Waals surface area contributed by atoms with Crippen molar-refractivity contribution in [1.82, 2.24) is 24.1 Å². The van der Waals surface area contributed by atoms with Gasteiger partial charge in [-0.25, -0.2) is 15.0 Å². The molecular weight excluding hydrogens is 922 g/mol. The van der Waals surface area contributed by atoms with Gasteiger partial charge in [-0.3, -0.25) is 0 Å². The molecule has 0 N–H and O–H groups in total. The van der Waals surface area contributed by atoms with Crippen molar-refractivity contribution in [2.24, 2.45) is 0 Å². The first kappa shape index (κ1) is 44.1. The van der Waals surface area contributed by atoms with Crippen LogP contribution >= 0.6 is 0 Å². The Balaban J connectivity index is 1.10. The van der Waals surface area contributed by atoms with E-state index in [1.807, 2.05) is 156 Å². The normalized spacial score (nSPS) is 11.7. The number of fused-ring (bicyclic) bond motifs is 6. The Hall–Kier alpha value is -9.91. The largest absolute Gasteiger partial charge is 0.416 e. The van der Waals surface area contributed by atoms with Gasteiger partial charge in [0.05, 0.1) is 50.6 Å². The Morgan fingerprint density at radius 1 is 0.338 bits per heavy atom. The van der Waals surface area contributed by atoms with E-state index in [0.29, 0.717) is 22.4 Å². The van der Waals surface area contributed by atoms with Gasteiger partial charge < -0.3 is 9.13 Å². The molecule has 0 radical (unpaired) electrons. The van der Waals surface area contributed by atoms with Crippen LogP contribution in [0.15, 0.2) is 237 Å². The molecule has 0 fully saturated rings. The van der Waals surface area contributed by atoms with Crippen molar-refractivity contribution in [1.29, 1.82) is 5.26 Å². The second-order valence-corrected chi connectivity index (χ2v) is 18.2. The van der Waals surface area contributed by atoms with E-state index in [1.165, 1.54) is 6.07 Å². The number of hydrogen-bond acceptors (Lipinski definition) is 4. The quantitative estimate of drug-likeness (QED) is 0.152. The van der Waals surface area contributed by atoms with Crippen LogP contribution in [0.2, 0.25) is 0 Å². The lowest BCUT2D eigenvalue weighted by molar-refractivity contribution is -0.137. The van der Waals surface area contributed by atoms with Crippen LogP contribution in [0.3, 0.4) is 0 Å². The molecule has 0 atom stereocenters. The second kappa shape index (κ2) is 17.7. The van der Waals surface area contributed by atoms with Gasteiger partial charge in [-0.05, 0) is 112 Å². The Morgan fingerprint density at radius 2 is 0.757 bits per heavy atom. The van der Waals surface area contributed by atoms with Gasteiger partial charge in [-0.15, -0.1) is 0 Å². The van der Waals surface area contributed by atoms with Crippen molar-refractivity contribution in [2.45, 2.75) is 6.18 Å². The summed E-state index contributed by atoms with van der Waals surface area (Å²) in [7, 11) is 0. The van der Waals surface area contributed by atoms with Crippen LogP contribution in [-0.2, 0) is 6.18 Å². The van der Waals surface area contributed by atoms with Crippen LogP contribution in [0.5, 0.6) is 0 Å². The molecule has 13 rings (SSSR count). The van der Waals surface area contributed by atoms with Gasteiger partial charge in [0.2, 0.25) is 0 Å². The van der Waals surface area contributed by atoms with Gasteiger partial charge in [0.1, 0.15) is 0 Å². The zero-order valence-corrected chi connectivity index (χ0v) is 39.3. The molecule has 6 nitrogen and oxygen atoms in total. The molecule has 0 spiro atoms. The van der Waals surface area contributed by atoms with Gasteiger partial charge in [0.25, 0.3) is 0 Å². The summed E-state index contributed by atoms with van der Waals surface area (Å²) in [4.78, 5) is 15.6. The third-order valence-electron chi connectivity index (χ3n) is 13.8. The highest BCUT2D eigenvalue weighted by atomic mass is 19.4. The fraction of sp³-hybridized carbons (Fsp3) is 0.0154. The smallest absolute Gasteiger partial charge is 0.309 e. The standard InChI is InChI=1S/C65H39F3N6/c66-65(67,68)49-30-34-61(74-57-26-13-11-24-51(57)53-37-47(28-32-59(53)74)43-18-6-2-7-19-43)55(39-49)64-71-62(44-20-8-3-9-21-44)70-63(72-64)54-38-48(45-22-14-15-41(35-45)40-69)29-33-60(54)73-56-25-12-10-23-50(56)52-36-46(27-31-58(52)73)42-16-4-1-5-17-42/h1-39H. The van der Waals surface area contributed by atoms with Crippen molar-refractivity contribution in [3.8, 4) is 85.0 Å².